The van der Waals surface area contributed by atoms with Crippen molar-refractivity contribution in [1.29, 1.82) is 0 Å². The minimum absolute atomic E-state index is 0.288. The van der Waals surface area contributed by atoms with Gasteiger partial charge in [-0.15, -0.1) is 0 Å². The molecule has 124 valence electrons. The van der Waals surface area contributed by atoms with Gasteiger partial charge in [-0.25, -0.2) is 9.59 Å². The lowest BCUT2D eigenvalue weighted by Gasteiger charge is -2.34. The van der Waals surface area contributed by atoms with E-state index in [1.54, 1.807) is 26.0 Å². The number of nitrogens with zero attached hydrogens (tertiary/aromatic N) is 2. The summed E-state index contributed by atoms with van der Waals surface area (Å²) in [6, 6.07) is 0. The molecule has 1 aliphatic rings. The van der Waals surface area contributed by atoms with E-state index in [0.29, 0.717) is 13.2 Å². The van der Waals surface area contributed by atoms with Gasteiger partial charge in [0.15, 0.2) is 0 Å². The first-order valence-electron chi connectivity index (χ1n) is 7.69. The van der Waals surface area contributed by atoms with Crippen LogP contribution in [0.3, 0.4) is 0 Å². The largest absolute Gasteiger partial charge is 0.461 e. The molecular formula is C16H26N2O4. The van der Waals surface area contributed by atoms with Gasteiger partial charge in [0.05, 0.1) is 0 Å². The Morgan fingerprint density at radius 3 is 1.50 bits per heavy atom. The number of esters is 2. The summed E-state index contributed by atoms with van der Waals surface area (Å²) >= 11 is 0. The topological polar surface area (TPSA) is 59.1 Å². The van der Waals surface area contributed by atoms with Crippen LogP contribution in [0.4, 0.5) is 0 Å². The quantitative estimate of drug-likeness (QED) is 0.489. The lowest BCUT2D eigenvalue weighted by Crippen LogP contribution is -2.48. The zero-order valence-corrected chi connectivity index (χ0v) is 13.5. The fourth-order valence-corrected chi connectivity index (χ4v) is 2.16. The number of carbonyl (C=O) groups is 2. The smallest absolute Gasteiger partial charge is 0.330 e. The standard InChI is InChI=1S/C16H26N2O4/c1-3-5-15(19)21-13-11-17-7-9-18(10-8-17)12-14-22-16(20)6-4-2/h3-6H,7-14H2,1-2H3/b5-3-,6-4-. The summed E-state index contributed by atoms with van der Waals surface area (Å²) in [5, 5.41) is 0. The van der Waals surface area contributed by atoms with Gasteiger partial charge >= 0.3 is 11.9 Å². The summed E-state index contributed by atoms with van der Waals surface area (Å²) < 4.78 is 10.2. The number of hydrogen-bond acceptors (Lipinski definition) is 6. The lowest BCUT2D eigenvalue weighted by molar-refractivity contribution is -0.139. The molecule has 1 heterocycles. The summed E-state index contributed by atoms with van der Waals surface area (Å²) in [5.74, 6) is -0.576. The Morgan fingerprint density at radius 1 is 0.818 bits per heavy atom. The summed E-state index contributed by atoms with van der Waals surface area (Å²) in [7, 11) is 0. The van der Waals surface area contributed by atoms with E-state index in [1.807, 2.05) is 0 Å². The maximum Gasteiger partial charge on any atom is 0.330 e. The molecule has 0 aliphatic carbocycles. The fraction of sp³-hybridized carbons (Fsp3) is 0.625. The average molecular weight is 310 g/mol. The minimum Gasteiger partial charge on any atom is -0.461 e. The number of ether oxygens (including phenoxy) is 2. The highest BCUT2D eigenvalue weighted by atomic mass is 16.5. The maximum absolute atomic E-state index is 11.2. The summed E-state index contributed by atoms with van der Waals surface area (Å²) in [5.41, 5.74) is 0. The maximum atomic E-state index is 11.2. The average Bonchev–Trinajstić information content (AvgIpc) is 2.49. The number of rotatable bonds is 8. The highest BCUT2D eigenvalue weighted by Crippen LogP contribution is 2.01. The zero-order valence-electron chi connectivity index (χ0n) is 13.5. The van der Waals surface area contributed by atoms with Crippen LogP contribution in [0.25, 0.3) is 0 Å². The Morgan fingerprint density at radius 2 is 1.18 bits per heavy atom. The van der Waals surface area contributed by atoms with E-state index in [2.05, 4.69) is 9.80 Å². The molecule has 6 heteroatoms. The predicted molar refractivity (Wildman–Crippen MR) is 84.4 cm³/mol. The van der Waals surface area contributed by atoms with E-state index < -0.39 is 0 Å². The Labute approximate surface area is 132 Å². The minimum atomic E-state index is -0.288. The van der Waals surface area contributed by atoms with Gasteiger partial charge in [0.2, 0.25) is 0 Å². The van der Waals surface area contributed by atoms with Crippen LogP contribution < -0.4 is 0 Å². The molecule has 0 aromatic heterocycles. The number of carbonyl (C=O) groups excluding carboxylic acids is 2. The van der Waals surface area contributed by atoms with Crippen molar-refractivity contribution in [3.8, 4) is 0 Å². The van der Waals surface area contributed by atoms with Gasteiger partial charge in [0.1, 0.15) is 13.2 Å². The van der Waals surface area contributed by atoms with E-state index in [-0.39, 0.29) is 11.9 Å². The highest BCUT2D eigenvalue weighted by Gasteiger charge is 2.16. The Kier molecular flexibility index (Phi) is 9.18. The molecule has 0 aromatic carbocycles. The molecule has 0 atom stereocenters. The molecule has 22 heavy (non-hydrogen) atoms. The van der Waals surface area contributed by atoms with Gasteiger partial charge in [-0.1, -0.05) is 12.2 Å². The van der Waals surface area contributed by atoms with E-state index in [0.717, 1.165) is 39.3 Å². The molecule has 1 saturated heterocycles. The van der Waals surface area contributed by atoms with Crippen molar-refractivity contribution >= 4 is 11.9 Å². The van der Waals surface area contributed by atoms with Gasteiger partial charge < -0.3 is 9.47 Å². The predicted octanol–water partition coefficient (Wildman–Crippen LogP) is 0.843. The Hall–Kier alpha value is -1.66. The molecule has 1 rings (SSSR count). The lowest BCUT2D eigenvalue weighted by atomic mass is 10.3. The molecule has 0 spiro atoms. The molecule has 0 N–H and O–H groups in total. The van der Waals surface area contributed by atoms with E-state index in [4.69, 9.17) is 9.47 Å². The van der Waals surface area contributed by atoms with E-state index in [1.165, 1.54) is 12.2 Å². The first-order chi connectivity index (χ1) is 10.7. The van der Waals surface area contributed by atoms with E-state index >= 15 is 0 Å². The Bertz CT molecular complexity index is 361. The fourth-order valence-electron chi connectivity index (χ4n) is 2.16. The molecule has 0 bridgehead atoms. The molecule has 0 amide bonds. The second kappa shape index (κ2) is 11.0. The summed E-state index contributed by atoms with van der Waals surface area (Å²) in [4.78, 5) is 26.9. The third-order valence-electron chi connectivity index (χ3n) is 3.37. The first kappa shape index (κ1) is 18.4. The molecular weight excluding hydrogens is 284 g/mol. The van der Waals surface area contributed by atoms with Crippen LogP contribution in [0.5, 0.6) is 0 Å². The van der Waals surface area contributed by atoms with Crippen molar-refractivity contribution in [2.24, 2.45) is 0 Å². The first-order valence-corrected chi connectivity index (χ1v) is 7.69. The number of piperazine rings is 1. The van der Waals surface area contributed by atoms with Crippen LogP contribution in [-0.4, -0.2) is 74.2 Å². The van der Waals surface area contributed by atoms with Crippen molar-refractivity contribution in [3.63, 3.8) is 0 Å². The van der Waals surface area contributed by atoms with Crippen molar-refractivity contribution < 1.29 is 19.1 Å². The second-order valence-corrected chi connectivity index (χ2v) is 5.02. The van der Waals surface area contributed by atoms with Crippen molar-refractivity contribution in [2.75, 3.05) is 52.5 Å². The third-order valence-corrected chi connectivity index (χ3v) is 3.37. The highest BCUT2D eigenvalue weighted by molar-refractivity contribution is 5.82. The van der Waals surface area contributed by atoms with Gasteiger partial charge in [0, 0.05) is 51.4 Å². The van der Waals surface area contributed by atoms with E-state index in [9.17, 15) is 9.59 Å². The van der Waals surface area contributed by atoms with Crippen LogP contribution in [0.15, 0.2) is 24.3 Å². The van der Waals surface area contributed by atoms with Crippen molar-refractivity contribution in [1.82, 2.24) is 9.80 Å². The Balaban J connectivity index is 2.08. The molecule has 0 unspecified atom stereocenters. The summed E-state index contributed by atoms with van der Waals surface area (Å²) in [6.45, 7) is 9.67. The molecule has 0 radical (unpaired) electrons. The van der Waals surface area contributed by atoms with Crippen LogP contribution >= 0.6 is 0 Å². The normalized spacial score (nSPS) is 17.2. The van der Waals surface area contributed by atoms with Gasteiger partial charge in [-0.3, -0.25) is 9.80 Å². The SMILES string of the molecule is C/C=C\C(=O)OCCN1CCN(CCOC(=O)/C=C\C)CC1. The van der Waals surface area contributed by atoms with Crippen molar-refractivity contribution in [3.05, 3.63) is 24.3 Å². The molecule has 1 fully saturated rings. The molecule has 1 aliphatic heterocycles. The van der Waals surface area contributed by atoms with Crippen LogP contribution in [0.1, 0.15) is 13.8 Å². The monoisotopic (exact) mass is 310 g/mol. The van der Waals surface area contributed by atoms with Gasteiger partial charge in [-0.05, 0) is 13.8 Å². The van der Waals surface area contributed by atoms with Gasteiger partial charge in [-0.2, -0.15) is 0 Å². The summed E-state index contributed by atoms with van der Waals surface area (Å²) in [6.07, 6.45) is 6.19. The molecule has 0 saturated carbocycles. The third kappa shape index (κ3) is 7.95. The van der Waals surface area contributed by atoms with Crippen LogP contribution in [-0.2, 0) is 19.1 Å². The van der Waals surface area contributed by atoms with Crippen LogP contribution in [0, 0.1) is 0 Å². The number of allylic oxidation sites excluding steroid dienone is 2. The van der Waals surface area contributed by atoms with Crippen molar-refractivity contribution in [2.45, 2.75) is 13.8 Å². The van der Waals surface area contributed by atoms with Gasteiger partial charge in [0.25, 0.3) is 0 Å². The van der Waals surface area contributed by atoms with Crippen LogP contribution in [0.2, 0.25) is 0 Å². The number of hydrogen-bond donors (Lipinski definition) is 0. The molecule has 0 aromatic rings. The zero-order chi connectivity index (χ0) is 16.2. The second-order valence-electron chi connectivity index (χ2n) is 5.02. The molecule has 6 nitrogen and oxygen atoms in total.